The summed E-state index contributed by atoms with van der Waals surface area (Å²) in [5.74, 6) is -3.26. The molecule has 128 valence electrons. The molecule has 6 heteroatoms. The number of aliphatic carboxylic acids is 1. The molecule has 0 atom stereocenters. The molecule has 0 unspecified atom stereocenters. The monoisotopic (exact) mass is 329 g/mol. The van der Waals surface area contributed by atoms with E-state index in [1.807, 2.05) is 50.2 Å². The van der Waals surface area contributed by atoms with Crippen LogP contribution in [0.15, 0.2) is 42.5 Å². The zero-order chi connectivity index (χ0) is 17.5. The Balaban J connectivity index is 2.32. The van der Waals surface area contributed by atoms with Gasteiger partial charge in [0.25, 0.3) is 0 Å². The van der Waals surface area contributed by atoms with E-state index < -0.39 is 11.9 Å². The number of hydroxylamine groups is 1. The van der Waals surface area contributed by atoms with Gasteiger partial charge in [-0.05, 0) is 24.5 Å². The molecule has 6 nitrogen and oxygen atoms in total. The number of nitrogens with zero attached hydrogens (tertiary/aromatic N) is 2. The van der Waals surface area contributed by atoms with Gasteiger partial charge in [0.2, 0.25) is 0 Å². The molecule has 0 heterocycles. The summed E-state index contributed by atoms with van der Waals surface area (Å²) < 4.78 is 0. The number of fused-ring (bicyclic) bond motifs is 1. The minimum Gasteiger partial charge on any atom is -0.539 e. The maximum Gasteiger partial charge on any atom is 0.378 e. The van der Waals surface area contributed by atoms with Crippen LogP contribution in [0.25, 0.3) is 10.8 Å². The van der Waals surface area contributed by atoms with Crippen LogP contribution in [0.5, 0.6) is 0 Å². The van der Waals surface area contributed by atoms with Crippen LogP contribution in [-0.2, 0) is 14.4 Å². The third-order valence-electron chi connectivity index (χ3n) is 3.91. The summed E-state index contributed by atoms with van der Waals surface area (Å²) in [5.41, 5.74) is 0.648. The van der Waals surface area contributed by atoms with E-state index in [-0.39, 0.29) is 0 Å². The Labute approximate surface area is 141 Å². The van der Waals surface area contributed by atoms with Crippen molar-refractivity contribution in [3.63, 3.8) is 0 Å². The zero-order valence-electron chi connectivity index (χ0n) is 13.9. The molecule has 0 aromatic heterocycles. The summed E-state index contributed by atoms with van der Waals surface area (Å²) in [6.45, 7) is 6.78. The molecule has 2 aromatic rings. The van der Waals surface area contributed by atoms with Crippen molar-refractivity contribution >= 4 is 28.4 Å². The number of benzene rings is 2. The van der Waals surface area contributed by atoms with Gasteiger partial charge in [-0.1, -0.05) is 50.2 Å². The lowest BCUT2D eigenvalue weighted by Crippen LogP contribution is -2.41. The van der Waals surface area contributed by atoms with Crippen LogP contribution in [0.4, 0.5) is 5.69 Å². The second-order valence-electron chi connectivity index (χ2n) is 5.29. The molecule has 0 spiro atoms. The first kappa shape index (κ1) is 17.7. The summed E-state index contributed by atoms with van der Waals surface area (Å²) in [4.78, 5) is 29.5. The van der Waals surface area contributed by atoms with Gasteiger partial charge in [0, 0.05) is 11.9 Å². The van der Waals surface area contributed by atoms with E-state index in [4.69, 9.17) is 4.84 Å². The van der Waals surface area contributed by atoms with Gasteiger partial charge in [-0.25, -0.2) is 9.86 Å². The number of hydrogen-bond acceptors (Lipinski definition) is 6. The molecule has 0 saturated heterocycles. The third-order valence-corrected chi connectivity index (χ3v) is 3.91. The molecule has 0 aliphatic heterocycles. The standard InChI is InChI=1S/C18H22N2O4/c1-3-19(4-2)12-13-20(24-18(23)17(21)22)16-11-7-9-14-8-5-6-10-15(14)16/h5-11H,3-4,12-13H2,1-2H3,(H,21,22)/p-1. The molecule has 0 N–H and O–H groups in total. The number of carboxylic acids is 1. The van der Waals surface area contributed by atoms with E-state index in [2.05, 4.69) is 4.90 Å². The fraction of sp³-hybridized carbons (Fsp3) is 0.333. The van der Waals surface area contributed by atoms with Gasteiger partial charge in [0.05, 0.1) is 12.2 Å². The van der Waals surface area contributed by atoms with Gasteiger partial charge in [0.1, 0.15) is 0 Å². The second kappa shape index (κ2) is 8.31. The number of rotatable bonds is 7. The predicted molar refractivity (Wildman–Crippen MR) is 90.2 cm³/mol. The molecule has 24 heavy (non-hydrogen) atoms. The van der Waals surface area contributed by atoms with E-state index in [0.717, 1.165) is 23.9 Å². The molecule has 0 fully saturated rings. The van der Waals surface area contributed by atoms with E-state index in [9.17, 15) is 14.7 Å². The summed E-state index contributed by atoms with van der Waals surface area (Å²) in [6, 6.07) is 13.2. The van der Waals surface area contributed by atoms with Crippen molar-refractivity contribution in [3.05, 3.63) is 42.5 Å². The number of hydrogen-bond donors (Lipinski definition) is 0. The summed E-state index contributed by atoms with van der Waals surface area (Å²) in [5, 5.41) is 13.9. The number of carboxylic acid groups (broad SMARTS) is 1. The summed E-state index contributed by atoms with van der Waals surface area (Å²) >= 11 is 0. The van der Waals surface area contributed by atoms with E-state index in [0.29, 0.717) is 18.8 Å². The van der Waals surface area contributed by atoms with Crippen LogP contribution in [0.2, 0.25) is 0 Å². The topological polar surface area (TPSA) is 72.9 Å². The van der Waals surface area contributed by atoms with Gasteiger partial charge in [-0.15, -0.1) is 0 Å². The smallest absolute Gasteiger partial charge is 0.378 e. The molecule has 0 radical (unpaired) electrons. The first-order valence-corrected chi connectivity index (χ1v) is 7.97. The van der Waals surface area contributed by atoms with Crippen LogP contribution in [-0.4, -0.2) is 43.0 Å². The fourth-order valence-electron chi connectivity index (χ4n) is 2.55. The quantitative estimate of drug-likeness (QED) is 0.561. The van der Waals surface area contributed by atoms with Crippen molar-refractivity contribution in [2.45, 2.75) is 13.8 Å². The molecule has 2 rings (SSSR count). The molecule has 0 aliphatic carbocycles. The molecule has 0 aliphatic rings. The van der Waals surface area contributed by atoms with Crippen molar-refractivity contribution in [3.8, 4) is 0 Å². The highest BCUT2D eigenvalue weighted by Gasteiger charge is 2.17. The van der Waals surface area contributed by atoms with Crippen molar-refractivity contribution in [1.29, 1.82) is 0 Å². The van der Waals surface area contributed by atoms with Gasteiger partial charge < -0.3 is 19.6 Å². The first-order valence-electron chi connectivity index (χ1n) is 7.97. The van der Waals surface area contributed by atoms with Crippen molar-refractivity contribution in [2.24, 2.45) is 0 Å². The summed E-state index contributed by atoms with van der Waals surface area (Å²) in [7, 11) is 0. The Bertz CT molecular complexity index is 708. The fourth-order valence-corrected chi connectivity index (χ4v) is 2.55. The number of carbonyl (C=O) groups excluding carboxylic acids is 2. The molecule has 2 aromatic carbocycles. The Morgan fingerprint density at radius 1 is 1.00 bits per heavy atom. The number of carbonyl (C=O) groups is 2. The van der Waals surface area contributed by atoms with E-state index >= 15 is 0 Å². The Kier molecular flexibility index (Phi) is 6.14. The lowest BCUT2D eigenvalue weighted by molar-refractivity contribution is -0.303. The lowest BCUT2D eigenvalue weighted by atomic mass is 10.1. The molecule has 0 bridgehead atoms. The van der Waals surface area contributed by atoms with Gasteiger partial charge in [-0.2, -0.15) is 0 Å². The highest BCUT2D eigenvalue weighted by Crippen LogP contribution is 2.27. The maximum absolute atomic E-state index is 11.5. The summed E-state index contributed by atoms with van der Waals surface area (Å²) in [6.07, 6.45) is 0. The van der Waals surface area contributed by atoms with E-state index in [1.54, 1.807) is 6.07 Å². The zero-order valence-corrected chi connectivity index (χ0v) is 13.9. The molecular formula is C18H21N2O4-. The van der Waals surface area contributed by atoms with Crippen molar-refractivity contribution < 1.29 is 19.5 Å². The lowest BCUT2D eigenvalue weighted by Gasteiger charge is -2.27. The third kappa shape index (κ3) is 4.23. The average Bonchev–Trinajstić information content (AvgIpc) is 2.60. The maximum atomic E-state index is 11.5. The number of likely N-dealkylation sites (N-methyl/N-ethyl adjacent to an activating group) is 1. The van der Waals surface area contributed by atoms with Crippen LogP contribution >= 0.6 is 0 Å². The highest BCUT2D eigenvalue weighted by atomic mass is 16.7. The second-order valence-corrected chi connectivity index (χ2v) is 5.29. The van der Waals surface area contributed by atoms with Gasteiger partial charge in [0.15, 0.2) is 5.97 Å². The minimum atomic E-state index is -1.86. The van der Waals surface area contributed by atoms with Crippen LogP contribution in [0.3, 0.4) is 0 Å². The highest BCUT2D eigenvalue weighted by molar-refractivity contribution is 6.27. The van der Waals surface area contributed by atoms with Gasteiger partial charge in [-0.3, -0.25) is 0 Å². The normalized spacial score (nSPS) is 10.8. The Morgan fingerprint density at radius 2 is 1.67 bits per heavy atom. The first-order chi connectivity index (χ1) is 11.6. The Hall–Kier alpha value is -2.60. The number of anilines is 1. The molecular weight excluding hydrogens is 308 g/mol. The van der Waals surface area contributed by atoms with E-state index in [1.165, 1.54) is 5.06 Å². The molecule has 0 amide bonds. The largest absolute Gasteiger partial charge is 0.539 e. The van der Waals surface area contributed by atoms with Crippen LogP contribution in [0.1, 0.15) is 13.8 Å². The average molecular weight is 329 g/mol. The van der Waals surface area contributed by atoms with Gasteiger partial charge >= 0.3 is 5.97 Å². The molecule has 0 saturated carbocycles. The Morgan fingerprint density at radius 3 is 2.33 bits per heavy atom. The van der Waals surface area contributed by atoms with Crippen molar-refractivity contribution in [2.75, 3.05) is 31.2 Å². The SMILES string of the molecule is CCN(CC)CCN(OC(=O)C(=O)[O-])c1cccc2ccccc12. The minimum absolute atomic E-state index is 0.356. The van der Waals surface area contributed by atoms with Crippen molar-refractivity contribution in [1.82, 2.24) is 4.90 Å². The van der Waals surface area contributed by atoms with Crippen LogP contribution in [0, 0.1) is 0 Å². The van der Waals surface area contributed by atoms with Crippen LogP contribution < -0.4 is 10.2 Å². The predicted octanol–water partition coefficient (Wildman–Crippen LogP) is 1.20.